The number of unbranched alkanes of at least 4 members (excludes halogenated alkanes) is 10. The third kappa shape index (κ3) is 40.3. The minimum atomic E-state index is -0.308. The molecule has 15 nitrogen and oxygen atoms in total. The maximum atomic E-state index is 6.16. The normalized spacial score (nSPS) is 10.4. The molecule has 121 heavy (non-hydrogen) atoms. The first kappa shape index (κ1) is 107. The zero-order chi connectivity index (χ0) is 82.6. The van der Waals surface area contributed by atoms with Gasteiger partial charge in [-0.25, -0.2) is 0 Å². The summed E-state index contributed by atoms with van der Waals surface area (Å²) in [5.74, 6) is 8.95. The second-order valence-electron chi connectivity index (χ2n) is 29.6. The van der Waals surface area contributed by atoms with E-state index in [9.17, 15) is 0 Å². The SMILES string of the molecule is CC(C)(C)Oc1c[c-]c(-c2ccccn2)c(OC(C)(C)C)c1.CC(C)Oc1c[c-]c(-c2ccccn2)c(OC(C)C)c1.CCCCCCCCOc1c[c-]c(-c2ccccn2)c(OCCCCCCCC)c1.CCOc1c[c-]c(-c2ccccn2)c(OCC)c1.[Pt].[Pt].[Pt].[Pt].[Pt].[c-]1cc(Oc2ccccc2)cc(Oc2ccccc2)c1-c1ccccn1. The van der Waals surface area contributed by atoms with E-state index in [-0.39, 0.29) is 129 Å². The van der Waals surface area contributed by atoms with E-state index in [2.05, 4.69) is 69.1 Å². The monoisotopic (exact) mass is 2530 g/mol. The average molecular weight is 2540 g/mol. The van der Waals surface area contributed by atoms with Crippen molar-refractivity contribution in [3.8, 4) is 125 Å². The summed E-state index contributed by atoms with van der Waals surface area (Å²) >= 11 is 0. The van der Waals surface area contributed by atoms with Crippen LogP contribution in [0.5, 0.6) is 69.0 Å². The van der Waals surface area contributed by atoms with Gasteiger partial charge < -0.3 is 72.3 Å². The van der Waals surface area contributed by atoms with Gasteiger partial charge in [-0.2, -0.15) is 0 Å². The Morgan fingerprint density at radius 3 is 1.01 bits per heavy atom. The molecule has 0 aliphatic heterocycles. The number of aromatic nitrogens is 5. The van der Waals surface area contributed by atoms with Crippen LogP contribution in [0.3, 0.4) is 0 Å². The van der Waals surface area contributed by atoms with E-state index in [1.165, 1.54) is 64.2 Å². The predicted molar refractivity (Wildman–Crippen MR) is 468 cm³/mol. The number of para-hydroxylation sites is 2. The molecule has 0 aliphatic carbocycles. The molecular weight excluding hydrogens is 2420 g/mol. The van der Waals surface area contributed by atoms with Gasteiger partial charge in [-0.15, -0.1) is 60.7 Å². The fourth-order valence-electron chi connectivity index (χ4n) is 11.6. The van der Waals surface area contributed by atoms with E-state index in [0.717, 1.165) is 140 Å². The van der Waals surface area contributed by atoms with Gasteiger partial charge in [-0.1, -0.05) is 233 Å². The molecule has 0 saturated carbocycles. The molecule has 0 atom stereocenters. The maximum absolute atomic E-state index is 6.16. The van der Waals surface area contributed by atoms with Gasteiger partial charge in [0.2, 0.25) is 0 Å². The van der Waals surface area contributed by atoms with Gasteiger partial charge in [-0.3, -0.25) is 0 Å². The van der Waals surface area contributed by atoms with Crippen molar-refractivity contribution in [2.75, 3.05) is 26.4 Å². The number of nitrogens with zero attached hydrogens (tertiary/aromatic N) is 5. The molecule has 0 amide bonds. The predicted octanol–water partition coefficient (Wildman–Crippen LogP) is 26.5. The van der Waals surface area contributed by atoms with Crippen molar-refractivity contribution in [2.45, 2.75) is 197 Å². The summed E-state index contributed by atoms with van der Waals surface area (Å²) < 4.78 is 58.8. The number of hydrogen-bond donors (Lipinski definition) is 0. The van der Waals surface area contributed by atoms with Crippen LogP contribution in [-0.4, -0.2) is 74.8 Å². The second-order valence-corrected chi connectivity index (χ2v) is 29.6. The van der Waals surface area contributed by atoms with Crippen LogP contribution in [0.4, 0.5) is 0 Å². The zero-order valence-corrected chi connectivity index (χ0v) is 83.3. The number of hydrogen-bond acceptors (Lipinski definition) is 15. The summed E-state index contributed by atoms with van der Waals surface area (Å²) in [6.45, 7) is 31.2. The van der Waals surface area contributed by atoms with Gasteiger partial charge >= 0.3 is 0 Å². The molecule has 0 radical (unpaired) electrons. The molecule has 0 aliphatic rings. The Hall–Kier alpha value is -8.27. The third-order valence-corrected chi connectivity index (χ3v) is 16.7. The van der Waals surface area contributed by atoms with E-state index in [0.29, 0.717) is 24.7 Å². The summed E-state index contributed by atoms with van der Waals surface area (Å²) in [5.41, 5.74) is 7.91. The molecular formula is C101H116N5O10Pt5-5. The molecule has 0 unspecified atom stereocenters. The Morgan fingerprint density at radius 1 is 0.281 bits per heavy atom. The number of pyridine rings is 5. The first-order chi connectivity index (χ1) is 56.3. The van der Waals surface area contributed by atoms with E-state index in [1.54, 1.807) is 30.9 Å². The number of rotatable bonds is 35. The molecule has 0 N–H and O–H groups in total. The van der Waals surface area contributed by atoms with Gasteiger partial charge in [0.25, 0.3) is 0 Å². The topological polar surface area (TPSA) is 157 Å². The molecule has 0 bridgehead atoms. The van der Waals surface area contributed by atoms with Crippen molar-refractivity contribution in [3.63, 3.8) is 0 Å². The Morgan fingerprint density at radius 2 is 0.603 bits per heavy atom. The molecule has 12 rings (SSSR count). The van der Waals surface area contributed by atoms with Crippen LogP contribution < -0.4 is 47.4 Å². The largest absolute Gasteiger partial charge is 0.537 e. The van der Waals surface area contributed by atoms with Crippen molar-refractivity contribution >= 4 is 0 Å². The van der Waals surface area contributed by atoms with E-state index in [4.69, 9.17) is 47.4 Å². The van der Waals surface area contributed by atoms with Crippen LogP contribution in [0, 0.1) is 30.3 Å². The summed E-state index contributed by atoms with van der Waals surface area (Å²) in [6.07, 6.45) is 24.2. The smallest absolute Gasteiger partial charge is 0.114 e. The Balaban J connectivity index is 0.000000391. The first-order valence-corrected chi connectivity index (χ1v) is 40.8. The molecule has 5 aromatic heterocycles. The Kier molecular flexibility index (Phi) is 52.6. The Labute approximate surface area is 793 Å². The van der Waals surface area contributed by atoms with Crippen LogP contribution in [-0.2, 0) is 105 Å². The fourth-order valence-corrected chi connectivity index (χ4v) is 11.6. The molecule has 7 aromatic carbocycles. The second kappa shape index (κ2) is 59.5. The standard InChI is InChI=1S/C27H40NO2.C23H16NO2.C19H24NO2.C17H20NO2.C15H16NO2.5Pt/c1-3-5-7-9-11-15-21-29-24-18-19-25(26-17-13-14-20-28-26)27(23-24)30-22-16-12-10-8-6-4-2;1-3-9-18(10-4-1)25-20-14-15-21(22-13-7-8-16-24-22)23(17-20)26-19-11-5-2-6-12-19;1-18(2,3)21-14-10-11-15(16-9-7-8-12-20-16)17(13-14)22-19(4,5)6;1-12(2)19-14-8-9-15(16-7-5-6-10-18-16)17(11-14)20-13(3)4;1-3-17-12-8-9-13(15(11-12)18-4-2)14-7-5-6-10-16-14;;;;;/h13-14,17-18,20,23H,3-12,15-16,21-22H2,1-2H3;1-14,16-17H;7-10,12-13H,1-6H3;5-8,10-13H,1-4H3;5-8,10-11H,3-4H2,1-2H3;;;;;/q5*-1;;;;;. The maximum Gasteiger partial charge on any atom is 0.114 e. The van der Waals surface area contributed by atoms with Gasteiger partial charge in [0.05, 0.1) is 49.8 Å². The molecule has 0 saturated heterocycles. The average Bonchev–Trinajstić information content (AvgIpc) is 0.833. The van der Waals surface area contributed by atoms with Crippen molar-refractivity contribution in [1.29, 1.82) is 0 Å². The number of ether oxygens (including phenoxy) is 10. The zero-order valence-electron chi connectivity index (χ0n) is 72.0. The minimum Gasteiger partial charge on any atom is -0.537 e. The summed E-state index contributed by atoms with van der Waals surface area (Å²) in [4.78, 5) is 22.0. The summed E-state index contributed by atoms with van der Waals surface area (Å²) in [6, 6.07) is 83.3. The molecule has 660 valence electrons. The van der Waals surface area contributed by atoms with Gasteiger partial charge in [0.15, 0.2) is 0 Å². The van der Waals surface area contributed by atoms with Crippen molar-refractivity contribution < 1.29 is 153 Å². The van der Waals surface area contributed by atoms with Crippen molar-refractivity contribution in [1.82, 2.24) is 24.9 Å². The van der Waals surface area contributed by atoms with E-state index >= 15 is 0 Å². The summed E-state index contributed by atoms with van der Waals surface area (Å²) in [7, 11) is 0. The molecule has 12 aromatic rings. The fraction of sp³-hybridized carbons (Fsp3) is 0.337. The van der Waals surface area contributed by atoms with E-state index < -0.39 is 0 Å². The molecule has 20 heteroatoms. The van der Waals surface area contributed by atoms with Gasteiger partial charge in [0.1, 0.15) is 11.5 Å². The summed E-state index contributed by atoms with van der Waals surface area (Å²) in [5, 5.41) is 0. The Bertz CT molecular complexity index is 4710. The van der Waals surface area contributed by atoms with Gasteiger partial charge in [0, 0.05) is 194 Å². The van der Waals surface area contributed by atoms with Crippen LogP contribution in [0.1, 0.15) is 174 Å². The molecule has 0 fully saturated rings. The molecule has 0 spiro atoms. The first-order valence-electron chi connectivity index (χ1n) is 40.8. The third-order valence-electron chi connectivity index (χ3n) is 16.7. The minimum absolute atomic E-state index is 0. The van der Waals surface area contributed by atoms with Crippen LogP contribution in [0.15, 0.2) is 243 Å². The van der Waals surface area contributed by atoms with Crippen molar-refractivity contribution in [3.05, 3.63) is 274 Å². The van der Waals surface area contributed by atoms with Gasteiger partial charge in [-0.05, 0) is 179 Å². The van der Waals surface area contributed by atoms with Crippen LogP contribution >= 0.6 is 0 Å². The van der Waals surface area contributed by atoms with Crippen LogP contribution in [0.2, 0.25) is 0 Å². The quantitative estimate of drug-likeness (QED) is 0.0273. The number of benzene rings is 7. The van der Waals surface area contributed by atoms with Crippen LogP contribution in [0.25, 0.3) is 56.3 Å². The molecule has 5 heterocycles. The van der Waals surface area contributed by atoms with E-state index in [1.807, 2.05) is 296 Å². The van der Waals surface area contributed by atoms with Crippen molar-refractivity contribution in [2.24, 2.45) is 0 Å².